The molecule has 2 heteroatoms. The highest BCUT2D eigenvalue weighted by atomic mass is 16.3. The molecule has 2 nitrogen and oxygen atoms in total. The summed E-state index contributed by atoms with van der Waals surface area (Å²) >= 11 is 0. The standard InChI is InChI=1S/C21H17NO/c1-13-11-18-20-15(9-10-22(18)12-14(13)2)7-8-17-16-5-3-4-6-19(16)23-21(17)20/h3-12,18H,1-2H3. The average Bonchev–Trinajstić information content (AvgIpc) is 2.94. The zero-order valence-corrected chi connectivity index (χ0v) is 13.2. The van der Waals surface area contributed by atoms with Crippen molar-refractivity contribution in [3.8, 4) is 0 Å². The van der Waals surface area contributed by atoms with Crippen LogP contribution in [-0.4, -0.2) is 4.90 Å². The molecule has 3 heterocycles. The lowest BCUT2D eigenvalue weighted by Crippen LogP contribution is -2.23. The van der Waals surface area contributed by atoms with Gasteiger partial charge in [0.1, 0.15) is 11.2 Å². The Balaban J connectivity index is 1.86. The van der Waals surface area contributed by atoms with Gasteiger partial charge in [0.25, 0.3) is 0 Å². The van der Waals surface area contributed by atoms with Gasteiger partial charge in [0.05, 0.1) is 6.04 Å². The number of fused-ring (bicyclic) bond motifs is 7. The summed E-state index contributed by atoms with van der Waals surface area (Å²) in [6.45, 7) is 4.34. The molecule has 0 fully saturated rings. The highest BCUT2D eigenvalue weighted by molar-refractivity contribution is 6.07. The van der Waals surface area contributed by atoms with E-state index in [9.17, 15) is 0 Å². The van der Waals surface area contributed by atoms with Crippen LogP contribution >= 0.6 is 0 Å². The molecule has 0 amide bonds. The van der Waals surface area contributed by atoms with E-state index in [4.69, 9.17) is 4.42 Å². The Morgan fingerprint density at radius 3 is 2.74 bits per heavy atom. The molecule has 112 valence electrons. The number of benzene rings is 2. The number of nitrogens with zero attached hydrogens (tertiary/aromatic N) is 1. The molecule has 0 radical (unpaired) electrons. The maximum absolute atomic E-state index is 6.25. The Kier molecular flexibility index (Phi) is 2.44. The zero-order valence-electron chi connectivity index (χ0n) is 13.2. The maximum Gasteiger partial charge on any atom is 0.141 e. The largest absolute Gasteiger partial charge is 0.456 e. The number of furan rings is 1. The third-order valence-corrected chi connectivity index (χ3v) is 5.03. The molecule has 0 spiro atoms. The molecule has 5 rings (SSSR count). The molecule has 2 aliphatic heterocycles. The van der Waals surface area contributed by atoms with Crippen LogP contribution in [0, 0.1) is 0 Å². The fourth-order valence-corrected chi connectivity index (χ4v) is 3.67. The predicted octanol–water partition coefficient (Wildman–Crippen LogP) is 5.78. The highest BCUT2D eigenvalue weighted by Crippen LogP contribution is 2.42. The van der Waals surface area contributed by atoms with E-state index in [1.165, 1.54) is 33.0 Å². The van der Waals surface area contributed by atoms with Gasteiger partial charge in [-0.2, -0.15) is 0 Å². The SMILES string of the molecule is CC1=CC2c3c(ccc4c3oc3ccccc34)C=CN2C=C1C. The third-order valence-electron chi connectivity index (χ3n) is 5.03. The Bertz CT molecular complexity index is 1050. The van der Waals surface area contributed by atoms with Crippen LogP contribution in [0.4, 0.5) is 0 Å². The number of hydrogen-bond acceptors (Lipinski definition) is 2. The molecule has 1 aromatic heterocycles. The van der Waals surface area contributed by atoms with Gasteiger partial charge in [0, 0.05) is 28.7 Å². The molecule has 0 bridgehead atoms. The van der Waals surface area contributed by atoms with Crippen molar-refractivity contribution in [3.05, 3.63) is 77.1 Å². The van der Waals surface area contributed by atoms with Gasteiger partial charge in [0.15, 0.2) is 0 Å². The Morgan fingerprint density at radius 2 is 1.83 bits per heavy atom. The minimum absolute atomic E-state index is 0.211. The van der Waals surface area contributed by atoms with Crippen LogP contribution in [0.15, 0.2) is 70.4 Å². The van der Waals surface area contributed by atoms with Gasteiger partial charge in [-0.1, -0.05) is 30.3 Å². The molecule has 23 heavy (non-hydrogen) atoms. The Morgan fingerprint density at radius 1 is 0.957 bits per heavy atom. The van der Waals surface area contributed by atoms with E-state index in [2.05, 4.69) is 67.6 Å². The third kappa shape index (κ3) is 1.69. The minimum Gasteiger partial charge on any atom is -0.456 e. The quantitative estimate of drug-likeness (QED) is 0.523. The predicted molar refractivity (Wildman–Crippen MR) is 94.8 cm³/mol. The summed E-state index contributed by atoms with van der Waals surface area (Å²) in [5, 5.41) is 2.39. The second-order valence-corrected chi connectivity index (χ2v) is 6.41. The second kappa shape index (κ2) is 4.39. The number of hydrogen-bond donors (Lipinski definition) is 0. The summed E-state index contributed by atoms with van der Waals surface area (Å²) in [5.74, 6) is 0. The highest BCUT2D eigenvalue weighted by Gasteiger charge is 2.27. The van der Waals surface area contributed by atoms with E-state index in [-0.39, 0.29) is 6.04 Å². The van der Waals surface area contributed by atoms with Crippen LogP contribution in [0.2, 0.25) is 0 Å². The second-order valence-electron chi connectivity index (χ2n) is 6.41. The van der Waals surface area contributed by atoms with Crippen LogP contribution in [0.3, 0.4) is 0 Å². The van der Waals surface area contributed by atoms with Gasteiger partial charge in [-0.3, -0.25) is 0 Å². The summed E-state index contributed by atoms with van der Waals surface area (Å²) in [5.41, 5.74) is 7.13. The molecule has 2 aliphatic rings. The Labute approximate surface area is 135 Å². The van der Waals surface area contributed by atoms with Crippen LogP contribution in [0.5, 0.6) is 0 Å². The van der Waals surface area contributed by atoms with Crippen molar-refractivity contribution in [2.24, 2.45) is 0 Å². The number of para-hydroxylation sites is 1. The monoisotopic (exact) mass is 299 g/mol. The van der Waals surface area contributed by atoms with Crippen LogP contribution in [0.1, 0.15) is 31.0 Å². The average molecular weight is 299 g/mol. The summed E-state index contributed by atoms with van der Waals surface area (Å²) < 4.78 is 6.25. The van der Waals surface area contributed by atoms with E-state index in [0.29, 0.717) is 0 Å². The molecule has 0 N–H and O–H groups in total. The van der Waals surface area contributed by atoms with Gasteiger partial charge >= 0.3 is 0 Å². The maximum atomic E-state index is 6.25. The normalized spacial score (nSPS) is 19.6. The molecule has 0 saturated heterocycles. The first-order valence-electron chi connectivity index (χ1n) is 7.99. The van der Waals surface area contributed by atoms with E-state index >= 15 is 0 Å². The van der Waals surface area contributed by atoms with Crippen molar-refractivity contribution in [2.45, 2.75) is 19.9 Å². The van der Waals surface area contributed by atoms with Gasteiger partial charge < -0.3 is 9.32 Å². The fourth-order valence-electron chi connectivity index (χ4n) is 3.67. The van der Waals surface area contributed by atoms with E-state index in [1.54, 1.807) is 0 Å². The van der Waals surface area contributed by atoms with Gasteiger partial charge in [-0.15, -0.1) is 0 Å². The van der Waals surface area contributed by atoms with Crippen LogP contribution in [0.25, 0.3) is 28.0 Å². The molecule has 1 unspecified atom stereocenters. The first-order chi connectivity index (χ1) is 11.2. The molecule has 2 aromatic carbocycles. The van der Waals surface area contributed by atoms with Crippen molar-refractivity contribution in [2.75, 3.05) is 0 Å². The van der Waals surface area contributed by atoms with Crippen LogP contribution < -0.4 is 0 Å². The molecule has 0 aliphatic carbocycles. The van der Waals surface area contributed by atoms with Crippen molar-refractivity contribution < 1.29 is 4.42 Å². The fraction of sp³-hybridized carbons (Fsp3) is 0.143. The molecular weight excluding hydrogens is 282 g/mol. The van der Waals surface area contributed by atoms with Crippen molar-refractivity contribution >= 4 is 28.0 Å². The van der Waals surface area contributed by atoms with E-state index in [1.807, 2.05) is 12.1 Å². The number of rotatable bonds is 0. The van der Waals surface area contributed by atoms with E-state index in [0.717, 1.165) is 11.2 Å². The molecular formula is C21H17NO. The summed E-state index contributed by atoms with van der Waals surface area (Å²) in [4.78, 5) is 2.28. The molecule has 0 saturated carbocycles. The van der Waals surface area contributed by atoms with Gasteiger partial charge in [-0.05, 0) is 48.8 Å². The van der Waals surface area contributed by atoms with Crippen molar-refractivity contribution in [3.63, 3.8) is 0 Å². The van der Waals surface area contributed by atoms with Gasteiger partial charge in [-0.25, -0.2) is 0 Å². The first kappa shape index (κ1) is 12.8. The van der Waals surface area contributed by atoms with Crippen LogP contribution in [-0.2, 0) is 0 Å². The summed E-state index contributed by atoms with van der Waals surface area (Å²) in [6, 6.07) is 12.9. The lowest BCUT2D eigenvalue weighted by molar-refractivity contribution is 0.422. The van der Waals surface area contributed by atoms with Crippen molar-refractivity contribution in [1.82, 2.24) is 4.90 Å². The lowest BCUT2D eigenvalue weighted by atomic mass is 9.90. The molecule has 1 atom stereocenters. The van der Waals surface area contributed by atoms with E-state index < -0.39 is 0 Å². The minimum atomic E-state index is 0.211. The molecule has 3 aromatic rings. The summed E-state index contributed by atoms with van der Waals surface area (Å²) in [7, 11) is 0. The Hall–Kier alpha value is -2.74. The summed E-state index contributed by atoms with van der Waals surface area (Å²) in [6.07, 6.45) is 8.90. The lowest BCUT2D eigenvalue weighted by Gasteiger charge is -2.34. The topological polar surface area (TPSA) is 16.4 Å². The van der Waals surface area contributed by atoms with Crippen molar-refractivity contribution in [1.29, 1.82) is 0 Å². The smallest absolute Gasteiger partial charge is 0.141 e. The zero-order chi connectivity index (χ0) is 15.6. The first-order valence-corrected chi connectivity index (χ1v) is 7.99. The van der Waals surface area contributed by atoms with Gasteiger partial charge in [0.2, 0.25) is 0 Å². The number of allylic oxidation sites excluding steroid dienone is 2.